The van der Waals surface area contributed by atoms with Gasteiger partial charge in [0, 0.05) is 37.2 Å². The first kappa shape index (κ1) is 18.3. The molecule has 0 unspecified atom stereocenters. The Morgan fingerprint density at radius 2 is 1.89 bits per heavy atom. The van der Waals surface area contributed by atoms with Crippen molar-refractivity contribution in [2.75, 3.05) is 20.8 Å². The Kier molecular flexibility index (Phi) is 5.12. The van der Waals surface area contributed by atoms with E-state index in [9.17, 15) is 4.79 Å². The SMILES string of the molecule is COc1cccc(CN2CCc3nc(-c4ccccc4)[nH]c(=O)c3C2)c1OC. The van der Waals surface area contributed by atoms with Crippen molar-refractivity contribution < 1.29 is 9.47 Å². The van der Waals surface area contributed by atoms with E-state index in [1.165, 1.54) is 0 Å². The maximum Gasteiger partial charge on any atom is 0.255 e. The first-order valence-electron chi connectivity index (χ1n) is 9.29. The smallest absolute Gasteiger partial charge is 0.255 e. The number of H-pyrrole nitrogens is 1. The highest BCUT2D eigenvalue weighted by atomic mass is 16.5. The van der Waals surface area contributed by atoms with Crippen LogP contribution in [0.1, 0.15) is 16.8 Å². The number of ether oxygens (including phenoxy) is 2. The molecule has 0 saturated heterocycles. The van der Waals surface area contributed by atoms with Gasteiger partial charge in [0.25, 0.3) is 5.56 Å². The lowest BCUT2D eigenvalue weighted by Crippen LogP contribution is -2.35. The van der Waals surface area contributed by atoms with E-state index in [0.29, 0.717) is 24.7 Å². The summed E-state index contributed by atoms with van der Waals surface area (Å²) in [5.74, 6) is 2.08. The average molecular weight is 377 g/mol. The lowest BCUT2D eigenvalue weighted by atomic mass is 10.0. The van der Waals surface area contributed by atoms with E-state index in [1.807, 2.05) is 48.5 Å². The standard InChI is InChI=1S/C22H23N3O3/c1-27-19-10-6-9-16(20(19)28-2)13-25-12-11-18-17(14-25)22(26)24-21(23-18)15-7-4-3-5-8-15/h3-10H,11-14H2,1-2H3,(H,23,24,26). The van der Waals surface area contributed by atoms with Crippen molar-refractivity contribution in [2.24, 2.45) is 0 Å². The summed E-state index contributed by atoms with van der Waals surface area (Å²) in [7, 11) is 3.28. The largest absolute Gasteiger partial charge is 0.493 e. The molecule has 6 nitrogen and oxygen atoms in total. The zero-order valence-corrected chi connectivity index (χ0v) is 16.1. The lowest BCUT2D eigenvalue weighted by molar-refractivity contribution is 0.237. The Bertz CT molecular complexity index is 1030. The van der Waals surface area contributed by atoms with Gasteiger partial charge in [-0.05, 0) is 6.07 Å². The van der Waals surface area contributed by atoms with Gasteiger partial charge in [0.15, 0.2) is 11.5 Å². The Morgan fingerprint density at radius 3 is 2.64 bits per heavy atom. The topological polar surface area (TPSA) is 67.5 Å². The Hall–Kier alpha value is -3.12. The minimum absolute atomic E-state index is 0.0637. The highest BCUT2D eigenvalue weighted by molar-refractivity contribution is 5.54. The molecule has 0 bridgehead atoms. The Morgan fingerprint density at radius 1 is 1.07 bits per heavy atom. The fourth-order valence-corrected chi connectivity index (χ4v) is 3.67. The molecule has 0 fully saturated rings. The second-order valence-corrected chi connectivity index (χ2v) is 6.82. The monoisotopic (exact) mass is 377 g/mol. The number of hydrogen-bond donors (Lipinski definition) is 1. The summed E-state index contributed by atoms with van der Waals surface area (Å²) >= 11 is 0. The summed E-state index contributed by atoms with van der Waals surface area (Å²) < 4.78 is 10.9. The summed E-state index contributed by atoms with van der Waals surface area (Å²) in [4.78, 5) is 22.6. The molecule has 1 N–H and O–H groups in total. The fraction of sp³-hybridized carbons (Fsp3) is 0.273. The van der Waals surface area contributed by atoms with Gasteiger partial charge in [-0.25, -0.2) is 4.98 Å². The second kappa shape index (κ2) is 7.86. The summed E-state index contributed by atoms with van der Waals surface area (Å²) in [6.07, 6.45) is 0.741. The normalized spacial score (nSPS) is 13.8. The molecule has 1 aromatic heterocycles. The van der Waals surface area contributed by atoms with Crippen LogP contribution in [0.3, 0.4) is 0 Å². The number of rotatable bonds is 5. The predicted molar refractivity (Wildman–Crippen MR) is 108 cm³/mol. The third-order valence-electron chi connectivity index (χ3n) is 5.07. The number of fused-ring (bicyclic) bond motifs is 1. The van der Waals surface area contributed by atoms with Gasteiger partial charge < -0.3 is 14.5 Å². The fourth-order valence-electron chi connectivity index (χ4n) is 3.67. The molecule has 0 atom stereocenters. The van der Waals surface area contributed by atoms with Crippen molar-refractivity contribution in [3.63, 3.8) is 0 Å². The quantitative estimate of drug-likeness (QED) is 0.740. The molecule has 0 saturated carbocycles. The molecule has 1 aliphatic rings. The van der Waals surface area contributed by atoms with Crippen molar-refractivity contribution >= 4 is 0 Å². The van der Waals surface area contributed by atoms with Gasteiger partial charge in [0.05, 0.1) is 25.5 Å². The lowest BCUT2D eigenvalue weighted by Gasteiger charge is -2.28. The summed E-state index contributed by atoms with van der Waals surface area (Å²) in [6.45, 7) is 2.07. The van der Waals surface area contributed by atoms with Gasteiger partial charge in [-0.1, -0.05) is 42.5 Å². The molecule has 144 valence electrons. The molecule has 6 heteroatoms. The summed E-state index contributed by atoms with van der Waals surface area (Å²) in [6, 6.07) is 15.6. The number of nitrogens with one attached hydrogen (secondary N) is 1. The van der Waals surface area contributed by atoms with Crippen molar-refractivity contribution in [3.05, 3.63) is 75.7 Å². The van der Waals surface area contributed by atoms with Crippen LogP contribution in [0.5, 0.6) is 11.5 Å². The Balaban J connectivity index is 1.59. The molecule has 0 amide bonds. The molecule has 2 heterocycles. The van der Waals surface area contributed by atoms with Crippen LogP contribution >= 0.6 is 0 Å². The molecular weight excluding hydrogens is 354 g/mol. The number of methoxy groups -OCH3 is 2. The van der Waals surface area contributed by atoms with Crippen LogP contribution in [0.4, 0.5) is 0 Å². The number of para-hydroxylation sites is 1. The van der Waals surface area contributed by atoms with Crippen LogP contribution in [0.25, 0.3) is 11.4 Å². The molecule has 1 aliphatic heterocycles. The molecule has 0 aliphatic carbocycles. The van der Waals surface area contributed by atoms with Gasteiger partial charge >= 0.3 is 0 Å². The number of nitrogens with zero attached hydrogens (tertiary/aromatic N) is 2. The van der Waals surface area contributed by atoms with E-state index < -0.39 is 0 Å². The number of benzene rings is 2. The molecule has 3 aromatic rings. The molecule has 28 heavy (non-hydrogen) atoms. The van der Waals surface area contributed by atoms with Crippen LogP contribution in [0.2, 0.25) is 0 Å². The summed E-state index contributed by atoms with van der Waals surface area (Å²) in [5.41, 5.74) is 3.52. The zero-order chi connectivity index (χ0) is 19.5. The van der Waals surface area contributed by atoms with E-state index in [-0.39, 0.29) is 5.56 Å². The maximum absolute atomic E-state index is 12.7. The van der Waals surface area contributed by atoms with E-state index in [4.69, 9.17) is 14.5 Å². The molecule has 0 spiro atoms. The van der Waals surface area contributed by atoms with Crippen LogP contribution in [0.15, 0.2) is 53.3 Å². The third kappa shape index (κ3) is 3.51. The van der Waals surface area contributed by atoms with E-state index in [0.717, 1.165) is 41.1 Å². The van der Waals surface area contributed by atoms with Gasteiger partial charge in [-0.2, -0.15) is 0 Å². The summed E-state index contributed by atoms with van der Waals surface area (Å²) in [5, 5.41) is 0. The highest BCUT2D eigenvalue weighted by Gasteiger charge is 2.23. The maximum atomic E-state index is 12.7. The number of aromatic nitrogens is 2. The van der Waals surface area contributed by atoms with Gasteiger partial charge in [0.2, 0.25) is 0 Å². The van der Waals surface area contributed by atoms with Crippen LogP contribution in [-0.2, 0) is 19.5 Å². The van der Waals surface area contributed by atoms with E-state index >= 15 is 0 Å². The zero-order valence-electron chi connectivity index (χ0n) is 16.1. The van der Waals surface area contributed by atoms with Crippen LogP contribution in [0, 0.1) is 0 Å². The number of aromatic amines is 1. The van der Waals surface area contributed by atoms with Crippen LogP contribution < -0.4 is 15.0 Å². The first-order valence-corrected chi connectivity index (χ1v) is 9.29. The van der Waals surface area contributed by atoms with Gasteiger partial charge in [-0.3, -0.25) is 9.69 Å². The van der Waals surface area contributed by atoms with Crippen molar-refractivity contribution in [1.29, 1.82) is 0 Å². The van der Waals surface area contributed by atoms with Crippen molar-refractivity contribution in [1.82, 2.24) is 14.9 Å². The molecular formula is C22H23N3O3. The minimum Gasteiger partial charge on any atom is -0.493 e. The van der Waals surface area contributed by atoms with Gasteiger partial charge in [0.1, 0.15) is 5.82 Å². The third-order valence-corrected chi connectivity index (χ3v) is 5.07. The molecule has 2 aromatic carbocycles. The van der Waals surface area contributed by atoms with E-state index in [2.05, 4.69) is 9.88 Å². The predicted octanol–water partition coefficient (Wildman–Crippen LogP) is 3.01. The van der Waals surface area contributed by atoms with Crippen LogP contribution in [-0.4, -0.2) is 35.6 Å². The van der Waals surface area contributed by atoms with E-state index in [1.54, 1.807) is 14.2 Å². The van der Waals surface area contributed by atoms with Gasteiger partial charge in [-0.15, -0.1) is 0 Å². The molecule has 4 rings (SSSR count). The average Bonchev–Trinajstić information content (AvgIpc) is 2.74. The number of hydrogen-bond acceptors (Lipinski definition) is 5. The Labute approximate surface area is 163 Å². The van der Waals surface area contributed by atoms with Crippen molar-refractivity contribution in [3.8, 4) is 22.9 Å². The minimum atomic E-state index is -0.0637. The second-order valence-electron chi connectivity index (χ2n) is 6.82. The highest BCUT2D eigenvalue weighted by Crippen LogP contribution is 2.32. The first-order chi connectivity index (χ1) is 13.7. The van der Waals surface area contributed by atoms with Crippen molar-refractivity contribution in [2.45, 2.75) is 19.5 Å². The molecule has 0 radical (unpaired) electrons.